The van der Waals surface area contributed by atoms with E-state index in [1.54, 1.807) is 38.5 Å². The van der Waals surface area contributed by atoms with E-state index >= 15 is 0 Å². The number of ether oxygens (including phenoxy) is 2. The maximum absolute atomic E-state index is 13.7. The molecule has 0 aliphatic carbocycles. The molecule has 1 aliphatic heterocycles. The summed E-state index contributed by atoms with van der Waals surface area (Å²) >= 11 is 6.28. The van der Waals surface area contributed by atoms with Gasteiger partial charge in [0.05, 0.1) is 36.1 Å². The molecular weight excluding hydrogens is 490 g/mol. The van der Waals surface area contributed by atoms with Gasteiger partial charge in [0.2, 0.25) is 0 Å². The number of hydrogen-bond donors (Lipinski definition) is 0. The molecule has 2 amide bonds. The molecule has 0 bridgehead atoms. The first-order valence-electron chi connectivity index (χ1n) is 12.0. The first-order chi connectivity index (χ1) is 17.9. The molecule has 8 heteroatoms. The van der Waals surface area contributed by atoms with Gasteiger partial charge in [0, 0.05) is 25.6 Å². The Kier molecular flexibility index (Phi) is 8.58. The van der Waals surface area contributed by atoms with Gasteiger partial charge in [0.1, 0.15) is 12.3 Å². The average Bonchev–Trinajstić information content (AvgIpc) is 3.37. The third kappa shape index (κ3) is 6.18. The van der Waals surface area contributed by atoms with Gasteiger partial charge in [-0.25, -0.2) is 5.01 Å². The second-order valence-corrected chi connectivity index (χ2v) is 9.25. The number of hydrogen-bond acceptors (Lipinski definition) is 5. The van der Waals surface area contributed by atoms with Gasteiger partial charge in [-0.2, -0.15) is 5.10 Å². The molecule has 4 rings (SSSR count). The van der Waals surface area contributed by atoms with Crippen LogP contribution in [0.15, 0.2) is 77.9 Å². The third-order valence-corrected chi connectivity index (χ3v) is 6.64. The lowest BCUT2D eigenvalue weighted by Crippen LogP contribution is -2.42. The molecule has 0 spiro atoms. The topological polar surface area (TPSA) is 71.4 Å². The fraction of sp³-hybridized carbons (Fsp3) is 0.276. The summed E-state index contributed by atoms with van der Waals surface area (Å²) in [7, 11) is 3.17. The number of aryl methyl sites for hydroxylation is 1. The van der Waals surface area contributed by atoms with E-state index < -0.39 is 0 Å². The maximum atomic E-state index is 13.7. The highest BCUT2D eigenvalue weighted by molar-refractivity contribution is 6.33. The lowest BCUT2D eigenvalue weighted by Gasteiger charge is -2.27. The van der Waals surface area contributed by atoms with E-state index in [4.69, 9.17) is 26.2 Å². The summed E-state index contributed by atoms with van der Waals surface area (Å²) in [5.74, 6) is 0.0898. The van der Waals surface area contributed by atoms with E-state index in [0.717, 1.165) is 22.4 Å². The van der Waals surface area contributed by atoms with Crippen LogP contribution >= 0.6 is 11.6 Å². The number of hydrazone groups is 1. The fourth-order valence-electron chi connectivity index (χ4n) is 4.26. The molecule has 0 N–H and O–H groups in total. The molecule has 1 heterocycles. The van der Waals surface area contributed by atoms with Crippen LogP contribution < -0.4 is 4.74 Å². The number of benzene rings is 3. The van der Waals surface area contributed by atoms with Crippen LogP contribution in [-0.4, -0.2) is 61.4 Å². The highest BCUT2D eigenvalue weighted by Crippen LogP contribution is 2.34. The van der Waals surface area contributed by atoms with Crippen molar-refractivity contribution in [3.8, 4) is 5.75 Å². The number of rotatable bonds is 9. The Balaban J connectivity index is 1.65. The van der Waals surface area contributed by atoms with Crippen molar-refractivity contribution in [2.24, 2.45) is 5.10 Å². The molecule has 3 aromatic carbocycles. The summed E-state index contributed by atoms with van der Waals surface area (Å²) in [5, 5.41) is 6.58. The van der Waals surface area contributed by atoms with Crippen molar-refractivity contribution in [3.05, 3.63) is 100 Å². The zero-order chi connectivity index (χ0) is 26.4. The summed E-state index contributed by atoms with van der Waals surface area (Å²) in [6.45, 7) is 2.38. The molecular formula is C29H30ClN3O4. The third-order valence-electron chi connectivity index (χ3n) is 6.31. The predicted octanol–water partition coefficient (Wildman–Crippen LogP) is 5.12. The summed E-state index contributed by atoms with van der Waals surface area (Å²) in [6, 6.07) is 22.2. The lowest BCUT2D eigenvalue weighted by atomic mass is 9.97. The van der Waals surface area contributed by atoms with Gasteiger partial charge in [-0.05, 0) is 36.8 Å². The van der Waals surface area contributed by atoms with Crippen LogP contribution in [0.3, 0.4) is 0 Å². The normalized spacial score (nSPS) is 14.9. The van der Waals surface area contributed by atoms with Crippen LogP contribution in [0.25, 0.3) is 0 Å². The molecule has 37 heavy (non-hydrogen) atoms. The molecule has 192 valence electrons. The van der Waals surface area contributed by atoms with E-state index in [9.17, 15) is 9.59 Å². The second-order valence-electron chi connectivity index (χ2n) is 8.85. The molecule has 0 saturated carbocycles. The Hall–Kier alpha value is -3.68. The van der Waals surface area contributed by atoms with Gasteiger partial charge in [-0.3, -0.25) is 9.59 Å². The van der Waals surface area contributed by atoms with E-state index in [-0.39, 0.29) is 37.6 Å². The highest BCUT2D eigenvalue weighted by atomic mass is 35.5. The number of carbonyl (C=O) groups excluding carboxylic acids is 2. The Morgan fingerprint density at radius 3 is 2.51 bits per heavy atom. The number of methoxy groups -OCH3 is 2. The smallest absolute Gasteiger partial charge is 0.262 e. The standard InChI is InChI=1S/C29H30ClN3O4/c1-20-11-13-21(14-12-20)27-18-26(22-7-6-8-23(17-22)37-3)31-33(27)28(34)19-32(15-16-36-2)29(35)24-9-4-5-10-25(24)30/h4-14,17,27H,15-16,18-19H2,1-3H3/t27-/m0/s1. The zero-order valence-corrected chi connectivity index (χ0v) is 21.9. The van der Waals surface area contributed by atoms with Crippen molar-refractivity contribution < 1.29 is 19.1 Å². The Labute approximate surface area is 222 Å². The predicted molar refractivity (Wildman–Crippen MR) is 144 cm³/mol. The maximum Gasteiger partial charge on any atom is 0.262 e. The van der Waals surface area contributed by atoms with Crippen molar-refractivity contribution >= 4 is 29.1 Å². The van der Waals surface area contributed by atoms with Crippen LogP contribution in [0, 0.1) is 6.92 Å². The SMILES string of the molecule is COCCN(CC(=O)N1N=C(c2cccc(OC)c2)C[C@H]1c1ccc(C)cc1)C(=O)c1ccccc1Cl. The minimum atomic E-state index is -0.334. The molecule has 0 unspecified atom stereocenters. The number of halogens is 1. The number of amides is 2. The highest BCUT2D eigenvalue weighted by Gasteiger charge is 2.34. The van der Waals surface area contributed by atoms with Crippen LogP contribution in [0.4, 0.5) is 0 Å². The second kappa shape index (κ2) is 12.0. The Morgan fingerprint density at radius 1 is 1.05 bits per heavy atom. The largest absolute Gasteiger partial charge is 0.497 e. The monoisotopic (exact) mass is 519 g/mol. The zero-order valence-electron chi connectivity index (χ0n) is 21.2. The van der Waals surface area contributed by atoms with Crippen LogP contribution in [0.5, 0.6) is 5.75 Å². The number of nitrogens with zero attached hydrogens (tertiary/aromatic N) is 3. The number of carbonyl (C=O) groups is 2. The minimum Gasteiger partial charge on any atom is -0.497 e. The van der Waals surface area contributed by atoms with Crippen LogP contribution in [0.1, 0.15) is 39.5 Å². The summed E-state index contributed by atoms with van der Waals surface area (Å²) in [5.41, 5.74) is 4.10. The molecule has 1 aliphatic rings. The van der Waals surface area contributed by atoms with E-state index in [1.807, 2.05) is 55.5 Å². The average molecular weight is 520 g/mol. The molecule has 0 aromatic heterocycles. The first kappa shape index (κ1) is 26.4. The molecule has 1 atom stereocenters. The summed E-state index contributed by atoms with van der Waals surface area (Å²) in [4.78, 5) is 28.5. The summed E-state index contributed by atoms with van der Waals surface area (Å²) < 4.78 is 10.6. The van der Waals surface area contributed by atoms with Crippen molar-refractivity contribution in [1.82, 2.24) is 9.91 Å². The molecule has 0 saturated heterocycles. The van der Waals surface area contributed by atoms with Crippen LogP contribution in [0.2, 0.25) is 5.02 Å². The van der Waals surface area contributed by atoms with Crippen molar-refractivity contribution in [2.45, 2.75) is 19.4 Å². The van der Waals surface area contributed by atoms with Crippen molar-refractivity contribution in [3.63, 3.8) is 0 Å². The van der Waals surface area contributed by atoms with E-state index in [2.05, 4.69) is 0 Å². The van der Waals surface area contributed by atoms with Gasteiger partial charge in [-0.1, -0.05) is 65.7 Å². The van der Waals surface area contributed by atoms with Crippen molar-refractivity contribution in [2.75, 3.05) is 33.9 Å². The van der Waals surface area contributed by atoms with Gasteiger partial charge >= 0.3 is 0 Å². The molecule has 0 radical (unpaired) electrons. The minimum absolute atomic E-state index is 0.162. The van der Waals surface area contributed by atoms with E-state index in [1.165, 1.54) is 9.91 Å². The lowest BCUT2D eigenvalue weighted by molar-refractivity contribution is -0.133. The van der Waals surface area contributed by atoms with Gasteiger partial charge < -0.3 is 14.4 Å². The summed E-state index contributed by atoms with van der Waals surface area (Å²) in [6.07, 6.45) is 0.540. The molecule has 0 fully saturated rings. The molecule has 3 aromatic rings. The van der Waals surface area contributed by atoms with Crippen molar-refractivity contribution in [1.29, 1.82) is 0 Å². The van der Waals surface area contributed by atoms with Gasteiger partial charge in [-0.15, -0.1) is 0 Å². The Bertz CT molecular complexity index is 1290. The van der Waals surface area contributed by atoms with E-state index in [0.29, 0.717) is 22.8 Å². The fourth-order valence-corrected chi connectivity index (χ4v) is 4.48. The Morgan fingerprint density at radius 2 is 1.81 bits per heavy atom. The van der Waals surface area contributed by atoms with Crippen LogP contribution in [-0.2, 0) is 9.53 Å². The quantitative estimate of drug-likeness (QED) is 0.393. The molecule has 7 nitrogen and oxygen atoms in total. The van der Waals surface area contributed by atoms with Gasteiger partial charge in [0.25, 0.3) is 11.8 Å². The van der Waals surface area contributed by atoms with Gasteiger partial charge in [0.15, 0.2) is 0 Å². The first-order valence-corrected chi connectivity index (χ1v) is 12.4.